The Bertz CT molecular complexity index is 1050. The van der Waals surface area contributed by atoms with Crippen molar-refractivity contribution >= 4 is 24.4 Å². The predicted octanol–water partition coefficient (Wildman–Crippen LogP) is 5.07. The van der Waals surface area contributed by atoms with Crippen molar-refractivity contribution in [3.63, 3.8) is 0 Å². The van der Waals surface area contributed by atoms with E-state index in [1.54, 1.807) is 6.20 Å². The number of nitrogens with zero attached hydrogens (tertiary/aromatic N) is 2. The highest BCUT2D eigenvalue weighted by molar-refractivity contribution is 5.74. The lowest BCUT2D eigenvalue weighted by Gasteiger charge is -2.35. The molecular formula is C26H25N3O. The molecular weight excluding hydrogens is 370 g/mol. The van der Waals surface area contributed by atoms with Crippen molar-refractivity contribution < 1.29 is 4.79 Å². The summed E-state index contributed by atoms with van der Waals surface area (Å²) in [5.74, 6) is 0.913. The second kappa shape index (κ2) is 7.79. The molecule has 3 aromatic rings. The number of carbonyl (C=O) groups is 1. The molecule has 1 heterocycles. The molecule has 0 amide bonds. The summed E-state index contributed by atoms with van der Waals surface area (Å²) in [5.41, 5.74) is 4.46. The number of fused-ring (bicyclic) bond motifs is 1. The average molecular weight is 396 g/mol. The second-order valence-corrected chi connectivity index (χ2v) is 8.12. The van der Waals surface area contributed by atoms with E-state index in [-0.39, 0.29) is 5.41 Å². The van der Waals surface area contributed by atoms with Crippen molar-refractivity contribution in [1.29, 1.82) is 0 Å². The maximum Gasteiger partial charge on any atom is 0.156 e. The second-order valence-electron chi connectivity index (χ2n) is 8.12. The zero-order valence-corrected chi connectivity index (χ0v) is 16.9. The molecule has 0 saturated heterocycles. The predicted molar refractivity (Wildman–Crippen MR) is 121 cm³/mol. The van der Waals surface area contributed by atoms with Gasteiger partial charge in [-0.05, 0) is 36.5 Å². The van der Waals surface area contributed by atoms with Crippen LogP contribution in [-0.2, 0) is 16.6 Å². The van der Waals surface area contributed by atoms with Crippen LogP contribution in [0.15, 0.2) is 72.8 Å². The van der Waals surface area contributed by atoms with Gasteiger partial charge in [-0.3, -0.25) is 4.79 Å². The summed E-state index contributed by atoms with van der Waals surface area (Å²) < 4.78 is 1.87. The Hall–Kier alpha value is -3.40. The smallest absolute Gasteiger partial charge is 0.156 e. The number of aldehydes is 1. The first kappa shape index (κ1) is 18.6. The number of anilines is 1. The van der Waals surface area contributed by atoms with Crippen LogP contribution in [0.25, 0.3) is 12.3 Å². The highest BCUT2D eigenvalue weighted by Crippen LogP contribution is 2.43. The third kappa shape index (κ3) is 3.18. The first-order chi connectivity index (χ1) is 14.8. The Morgan fingerprint density at radius 3 is 2.23 bits per heavy atom. The fourth-order valence-electron chi connectivity index (χ4n) is 4.51. The van der Waals surface area contributed by atoms with E-state index in [1.165, 1.54) is 36.5 Å². The summed E-state index contributed by atoms with van der Waals surface area (Å²) in [4.78, 5) is 11.0. The van der Waals surface area contributed by atoms with Gasteiger partial charge in [-0.15, -0.1) is 0 Å². The molecule has 1 fully saturated rings. The van der Waals surface area contributed by atoms with Crippen LogP contribution >= 0.6 is 0 Å². The van der Waals surface area contributed by atoms with Gasteiger partial charge in [-0.1, -0.05) is 72.8 Å². The maximum absolute atomic E-state index is 11.0. The van der Waals surface area contributed by atoms with E-state index in [0.29, 0.717) is 6.04 Å². The van der Waals surface area contributed by atoms with Crippen LogP contribution in [0.3, 0.4) is 0 Å². The molecule has 0 bridgehead atoms. The van der Waals surface area contributed by atoms with Gasteiger partial charge in [-0.2, -0.15) is 5.10 Å². The van der Waals surface area contributed by atoms with Crippen molar-refractivity contribution in [3.05, 3.63) is 95.2 Å². The quantitative estimate of drug-likeness (QED) is 0.468. The fourth-order valence-corrected chi connectivity index (χ4v) is 4.51. The molecule has 2 aromatic carbocycles. The summed E-state index contributed by atoms with van der Waals surface area (Å²) in [6.07, 6.45) is 13.0. The highest BCUT2D eigenvalue weighted by atomic mass is 16.1. The Labute approximate surface area is 176 Å². The molecule has 2 aliphatic rings. The van der Waals surface area contributed by atoms with E-state index in [2.05, 4.69) is 78.1 Å². The number of nitrogens with one attached hydrogen (secondary N) is 1. The number of aromatic nitrogens is 2. The molecule has 0 aliphatic heterocycles. The Morgan fingerprint density at radius 2 is 1.67 bits per heavy atom. The van der Waals surface area contributed by atoms with Gasteiger partial charge >= 0.3 is 0 Å². The van der Waals surface area contributed by atoms with Crippen LogP contribution in [0.5, 0.6) is 0 Å². The Kier molecular flexibility index (Phi) is 4.83. The van der Waals surface area contributed by atoms with E-state index in [4.69, 9.17) is 5.10 Å². The van der Waals surface area contributed by atoms with Crippen molar-refractivity contribution in [2.75, 3.05) is 5.32 Å². The van der Waals surface area contributed by atoms with Gasteiger partial charge in [0.1, 0.15) is 6.29 Å². The largest absolute Gasteiger partial charge is 0.365 e. The van der Waals surface area contributed by atoms with Crippen LogP contribution in [0.4, 0.5) is 5.82 Å². The molecule has 4 heteroatoms. The van der Waals surface area contributed by atoms with Gasteiger partial charge in [-0.25, -0.2) is 4.68 Å². The number of carbonyl (C=O) groups excluding carboxylic acids is 1. The SMILES string of the molecule is O=CC=Cn1nc(NC2CCC2)c2c1CC(c1ccccc1)(c1ccccc1)C=C2. The molecule has 0 spiro atoms. The summed E-state index contributed by atoms with van der Waals surface area (Å²) in [5, 5.41) is 8.42. The third-order valence-corrected chi connectivity index (χ3v) is 6.36. The lowest BCUT2D eigenvalue weighted by atomic mass is 9.68. The van der Waals surface area contributed by atoms with Crippen molar-refractivity contribution in [2.45, 2.75) is 37.1 Å². The van der Waals surface area contributed by atoms with Gasteiger partial charge in [0.15, 0.2) is 5.82 Å². The minimum atomic E-state index is -0.282. The highest BCUT2D eigenvalue weighted by Gasteiger charge is 2.37. The summed E-state index contributed by atoms with van der Waals surface area (Å²) >= 11 is 0. The molecule has 0 radical (unpaired) electrons. The van der Waals surface area contributed by atoms with E-state index in [0.717, 1.165) is 29.8 Å². The number of hydrogen-bond donors (Lipinski definition) is 1. The molecule has 0 atom stereocenters. The van der Waals surface area contributed by atoms with Crippen LogP contribution in [0, 0.1) is 0 Å². The van der Waals surface area contributed by atoms with Crippen LogP contribution < -0.4 is 5.32 Å². The van der Waals surface area contributed by atoms with Gasteiger partial charge in [0.25, 0.3) is 0 Å². The van der Waals surface area contributed by atoms with E-state index in [9.17, 15) is 4.79 Å². The van der Waals surface area contributed by atoms with Gasteiger partial charge in [0.2, 0.25) is 0 Å². The van der Waals surface area contributed by atoms with Gasteiger partial charge in [0, 0.05) is 29.6 Å². The first-order valence-electron chi connectivity index (χ1n) is 10.6. The van der Waals surface area contributed by atoms with Gasteiger partial charge in [0.05, 0.1) is 5.69 Å². The zero-order valence-electron chi connectivity index (χ0n) is 16.9. The van der Waals surface area contributed by atoms with Crippen molar-refractivity contribution in [3.8, 4) is 0 Å². The zero-order chi connectivity index (χ0) is 20.4. The minimum Gasteiger partial charge on any atom is -0.365 e. The molecule has 2 aliphatic carbocycles. The molecule has 4 nitrogen and oxygen atoms in total. The fraction of sp³-hybridized carbons (Fsp3) is 0.231. The first-order valence-corrected chi connectivity index (χ1v) is 10.6. The van der Waals surface area contributed by atoms with Crippen LogP contribution in [0.2, 0.25) is 0 Å². The van der Waals surface area contributed by atoms with Crippen molar-refractivity contribution in [1.82, 2.24) is 9.78 Å². The third-order valence-electron chi connectivity index (χ3n) is 6.36. The summed E-state index contributed by atoms with van der Waals surface area (Å²) in [7, 11) is 0. The standard InChI is InChI=1S/C26H25N3O/c30-18-8-17-29-24-19-26(20-9-3-1-4-10-20,21-11-5-2-6-12-21)16-15-23(24)25(28-29)27-22-13-7-14-22/h1-6,8-12,15-18,22H,7,13-14,19H2,(H,27,28). The molecule has 1 aromatic heterocycles. The van der Waals surface area contributed by atoms with Gasteiger partial charge < -0.3 is 5.32 Å². The number of hydrogen-bond acceptors (Lipinski definition) is 3. The molecule has 5 rings (SSSR count). The van der Waals surface area contributed by atoms with E-state index in [1.807, 2.05) is 4.68 Å². The molecule has 150 valence electrons. The van der Waals surface area contributed by atoms with E-state index >= 15 is 0 Å². The molecule has 30 heavy (non-hydrogen) atoms. The molecule has 1 N–H and O–H groups in total. The summed E-state index contributed by atoms with van der Waals surface area (Å²) in [6, 6.07) is 21.7. The number of allylic oxidation sites excluding steroid dienone is 2. The maximum atomic E-state index is 11.0. The lowest BCUT2D eigenvalue weighted by molar-refractivity contribution is -0.104. The average Bonchev–Trinajstić information content (AvgIpc) is 3.12. The van der Waals surface area contributed by atoms with Crippen LogP contribution in [-0.4, -0.2) is 22.1 Å². The monoisotopic (exact) mass is 395 g/mol. The Balaban J connectivity index is 1.64. The normalized spacial score (nSPS) is 17.5. The minimum absolute atomic E-state index is 0.282. The van der Waals surface area contributed by atoms with E-state index < -0.39 is 0 Å². The van der Waals surface area contributed by atoms with Crippen molar-refractivity contribution in [2.24, 2.45) is 0 Å². The molecule has 1 saturated carbocycles. The topological polar surface area (TPSA) is 46.9 Å². The summed E-state index contributed by atoms with van der Waals surface area (Å²) in [6.45, 7) is 0. The van der Waals surface area contributed by atoms with Crippen LogP contribution in [0.1, 0.15) is 41.6 Å². The molecule has 0 unspecified atom stereocenters. The lowest BCUT2D eigenvalue weighted by Crippen LogP contribution is -2.31. The number of rotatable bonds is 6. The number of benzene rings is 2. The Morgan fingerprint density at radius 1 is 1.00 bits per heavy atom.